The molecule has 0 unspecified atom stereocenters. The van der Waals surface area contributed by atoms with Gasteiger partial charge in [0, 0.05) is 23.1 Å². The Balaban J connectivity index is 1.66. The predicted octanol–water partition coefficient (Wildman–Crippen LogP) is 5.08. The lowest BCUT2D eigenvalue weighted by Gasteiger charge is -2.03. The second kappa shape index (κ2) is 7.90. The fourth-order valence-corrected chi connectivity index (χ4v) is 3.33. The lowest BCUT2D eigenvalue weighted by atomic mass is 10.1. The molecule has 25 heavy (non-hydrogen) atoms. The number of carbonyl (C=O) groups is 1. The van der Waals surface area contributed by atoms with Crippen molar-refractivity contribution >= 4 is 28.5 Å². The summed E-state index contributed by atoms with van der Waals surface area (Å²) in [5.41, 5.74) is 4.21. The zero-order chi connectivity index (χ0) is 17.6. The number of nitrogens with zero attached hydrogens (tertiary/aromatic N) is 1. The molecule has 0 saturated carbocycles. The second-order valence-electron chi connectivity index (χ2n) is 5.93. The molecule has 0 aliphatic carbocycles. The van der Waals surface area contributed by atoms with Crippen molar-refractivity contribution < 1.29 is 4.79 Å². The molecule has 0 saturated heterocycles. The quantitative estimate of drug-likeness (QED) is 0.653. The van der Waals surface area contributed by atoms with E-state index in [4.69, 9.17) is 0 Å². The molecule has 1 heterocycles. The number of hydrogen-bond acceptors (Lipinski definition) is 3. The van der Waals surface area contributed by atoms with Crippen molar-refractivity contribution in [2.24, 2.45) is 0 Å². The van der Waals surface area contributed by atoms with Crippen molar-refractivity contribution in [3.63, 3.8) is 0 Å². The maximum atomic E-state index is 12.3. The molecule has 3 nitrogen and oxygen atoms in total. The number of anilines is 1. The average molecular weight is 348 g/mol. The van der Waals surface area contributed by atoms with Gasteiger partial charge in [0.25, 0.3) is 5.91 Å². The summed E-state index contributed by atoms with van der Waals surface area (Å²) in [5, 5.41) is 3.52. The van der Waals surface area contributed by atoms with Crippen LogP contribution in [0.1, 0.15) is 28.5 Å². The molecule has 1 N–H and O–H groups in total. The first-order chi connectivity index (χ1) is 12.1. The molecule has 126 valence electrons. The van der Waals surface area contributed by atoms with Gasteiger partial charge in [0.1, 0.15) is 0 Å². The van der Waals surface area contributed by atoms with Crippen molar-refractivity contribution in [1.82, 2.24) is 4.98 Å². The number of hydrogen-bond donors (Lipinski definition) is 1. The average Bonchev–Trinajstić information content (AvgIpc) is 3.05. The van der Waals surface area contributed by atoms with E-state index in [1.165, 1.54) is 22.5 Å². The Hall–Kier alpha value is -2.72. The van der Waals surface area contributed by atoms with Gasteiger partial charge in [-0.1, -0.05) is 54.6 Å². The van der Waals surface area contributed by atoms with Crippen LogP contribution in [0, 0.1) is 6.92 Å². The summed E-state index contributed by atoms with van der Waals surface area (Å²) in [5.74, 6) is -0.124. The van der Waals surface area contributed by atoms with Crippen molar-refractivity contribution in [2.45, 2.75) is 20.3 Å². The molecule has 0 aliphatic heterocycles. The van der Waals surface area contributed by atoms with E-state index < -0.39 is 0 Å². The standard InChI is InChI=1S/C21H20N2OS/c1-15-8-6-7-11-18(15)13-19-14-22-21(25-19)23-20(24)16(2)12-17-9-4-3-5-10-17/h3-12,14H,13H2,1-2H3,(H,22,23,24)/b16-12-. The third-order valence-corrected chi connectivity index (χ3v) is 4.85. The van der Waals surface area contributed by atoms with Crippen LogP contribution in [0.25, 0.3) is 6.08 Å². The van der Waals surface area contributed by atoms with Gasteiger partial charge in [0.2, 0.25) is 0 Å². The van der Waals surface area contributed by atoms with Gasteiger partial charge in [-0.3, -0.25) is 10.1 Å². The zero-order valence-corrected chi connectivity index (χ0v) is 15.1. The van der Waals surface area contributed by atoms with E-state index in [-0.39, 0.29) is 5.91 Å². The van der Waals surface area contributed by atoms with Crippen LogP contribution in [0.3, 0.4) is 0 Å². The number of amides is 1. The lowest BCUT2D eigenvalue weighted by Crippen LogP contribution is -2.12. The molecule has 1 aromatic heterocycles. The van der Waals surface area contributed by atoms with Crippen LogP contribution in [-0.2, 0) is 11.2 Å². The molecule has 0 spiro atoms. The van der Waals surface area contributed by atoms with Gasteiger partial charge < -0.3 is 0 Å². The van der Waals surface area contributed by atoms with E-state index >= 15 is 0 Å². The molecule has 0 aliphatic rings. The van der Waals surface area contributed by atoms with Crippen molar-refractivity contribution in [3.05, 3.63) is 87.9 Å². The monoisotopic (exact) mass is 348 g/mol. The maximum Gasteiger partial charge on any atom is 0.253 e. The molecule has 0 radical (unpaired) electrons. The van der Waals surface area contributed by atoms with E-state index in [9.17, 15) is 4.79 Å². The highest BCUT2D eigenvalue weighted by molar-refractivity contribution is 7.15. The second-order valence-corrected chi connectivity index (χ2v) is 7.04. The number of benzene rings is 2. The fraction of sp³-hybridized carbons (Fsp3) is 0.143. The topological polar surface area (TPSA) is 42.0 Å². The highest BCUT2D eigenvalue weighted by atomic mass is 32.1. The van der Waals surface area contributed by atoms with Crippen LogP contribution < -0.4 is 5.32 Å². The predicted molar refractivity (Wildman–Crippen MR) is 105 cm³/mol. The number of aromatic nitrogens is 1. The largest absolute Gasteiger partial charge is 0.298 e. The van der Waals surface area contributed by atoms with E-state index in [1.807, 2.05) is 61.7 Å². The maximum absolute atomic E-state index is 12.3. The van der Waals surface area contributed by atoms with Crippen molar-refractivity contribution in [1.29, 1.82) is 0 Å². The highest BCUT2D eigenvalue weighted by Crippen LogP contribution is 2.23. The molecule has 0 atom stereocenters. The first-order valence-electron chi connectivity index (χ1n) is 8.16. The summed E-state index contributed by atoms with van der Waals surface area (Å²) in [6.45, 7) is 3.92. The Morgan fingerprint density at radius 2 is 1.84 bits per heavy atom. The van der Waals surface area contributed by atoms with E-state index in [1.54, 1.807) is 0 Å². The van der Waals surface area contributed by atoms with Crippen LogP contribution >= 0.6 is 11.3 Å². The molecule has 1 amide bonds. The Morgan fingerprint density at radius 3 is 2.60 bits per heavy atom. The summed E-state index contributed by atoms with van der Waals surface area (Å²) in [6, 6.07) is 18.1. The Kier molecular flexibility index (Phi) is 5.41. The smallest absolute Gasteiger partial charge is 0.253 e. The van der Waals surface area contributed by atoms with Gasteiger partial charge in [0.15, 0.2) is 5.13 Å². The number of aryl methyl sites for hydroxylation is 1. The summed E-state index contributed by atoms with van der Waals surface area (Å²) in [6.07, 6.45) is 4.54. The Bertz CT molecular complexity index is 897. The summed E-state index contributed by atoms with van der Waals surface area (Å²) >= 11 is 1.52. The third-order valence-electron chi connectivity index (χ3n) is 3.94. The van der Waals surface area contributed by atoms with Crippen molar-refractivity contribution in [3.8, 4) is 0 Å². The normalized spacial score (nSPS) is 11.4. The molecule has 0 fully saturated rings. The Labute approximate surface area is 152 Å². The van der Waals surface area contributed by atoms with Gasteiger partial charge >= 0.3 is 0 Å². The summed E-state index contributed by atoms with van der Waals surface area (Å²) in [4.78, 5) is 17.8. The molecule has 3 aromatic rings. The SMILES string of the molecule is C/C(=C/c1ccccc1)C(=O)Nc1ncc(Cc2ccccc2C)s1. The van der Waals surface area contributed by atoms with Crippen LogP contribution in [0.2, 0.25) is 0 Å². The van der Waals surface area contributed by atoms with E-state index in [0.717, 1.165) is 16.9 Å². The van der Waals surface area contributed by atoms with Crippen LogP contribution in [0.15, 0.2) is 66.4 Å². The van der Waals surface area contributed by atoms with Gasteiger partial charge in [-0.2, -0.15) is 0 Å². The molecule has 0 bridgehead atoms. The summed E-state index contributed by atoms with van der Waals surface area (Å²) < 4.78 is 0. The van der Waals surface area contributed by atoms with Gasteiger partial charge in [-0.05, 0) is 36.6 Å². The van der Waals surface area contributed by atoms with Gasteiger partial charge in [-0.25, -0.2) is 4.98 Å². The van der Waals surface area contributed by atoms with E-state index in [0.29, 0.717) is 10.7 Å². The minimum absolute atomic E-state index is 0.124. The number of nitrogens with one attached hydrogen (secondary N) is 1. The molecular formula is C21H20N2OS. The minimum Gasteiger partial charge on any atom is -0.298 e. The van der Waals surface area contributed by atoms with Crippen LogP contribution in [-0.4, -0.2) is 10.9 Å². The molecule has 2 aromatic carbocycles. The van der Waals surface area contributed by atoms with Crippen LogP contribution in [0.4, 0.5) is 5.13 Å². The first kappa shape index (κ1) is 17.1. The summed E-state index contributed by atoms with van der Waals surface area (Å²) in [7, 11) is 0. The first-order valence-corrected chi connectivity index (χ1v) is 8.97. The minimum atomic E-state index is -0.124. The number of carbonyl (C=O) groups excluding carboxylic acids is 1. The van der Waals surface area contributed by atoms with Crippen LogP contribution in [0.5, 0.6) is 0 Å². The number of rotatable bonds is 5. The van der Waals surface area contributed by atoms with Crippen molar-refractivity contribution in [2.75, 3.05) is 5.32 Å². The van der Waals surface area contributed by atoms with Gasteiger partial charge in [-0.15, -0.1) is 11.3 Å². The number of thiazole rings is 1. The highest BCUT2D eigenvalue weighted by Gasteiger charge is 2.09. The molecular weight excluding hydrogens is 328 g/mol. The zero-order valence-electron chi connectivity index (χ0n) is 14.3. The van der Waals surface area contributed by atoms with E-state index in [2.05, 4.69) is 29.4 Å². The third kappa shape index (κ3) is 4.64. The van der Waals surface area contributed by atoms with Gasteiger partial charge in [0.05, 0.1) is 0 Å². The lowest BCUT2D eigenvalue weighted by molar-refractivity contribution is -0.112. The molecule has 3 rings (SSSR count). The Morgan fingerprint density at radius 1 is 1.12 bits per heavy atom. The fourth-order valence-electron chi connectivity index (χ4n) is 2.50. The molecule has 4 heteroatoms.